The van der Waals surface area contributed by atoms with Gasteiger partial charge in [-0.1, -0.05) is 0 Å². The molecule has 3 aliphatic rings. The van der Waals surface area contributed by atoms with Gasteiger partial charge >= 0.3 is 23.6 Å². The van der Waals surface area contributed by atoms with Gasteiger partial charge in [0.25, 0.3) is 11.5 Å². The number of carbonyl (C=O) groups is 4. The maximum atomic E-state index is 14.0. The molecule has 15 nitrogen and oxygen atoms in total. The lowest BCUT2D eigenvalue weighted by molar-refractivity contribution is -0.143. The molecule has 4 heterocycles. The molecule has 0 aliphatic carbocycles. The van der Waals surface area contributed by atoms with Crippen LogP contribution in [0.1, 0.15) is 97.2 Å². The Labute approximate surface area is 320 Å². The largest absolute Gasteiger partial charge is 0.456 e. The van der Waals surface area contributed by atoms with Gasteiger partial charge in [0.05, 0.1) is 29.0 Å². The maximum absolute atomic E-state index is 14.0. The van der Waals surface area contributed by atoms with Gasteiger partial charge in [0.15, 0.2) is 5.60 Å². The molecule has 4 aromatic rings. The number of benzene rings is 3. The van der Waals surface area contributed by atoms with Crippen molar-refractivity contribution in [3.63, 3.8) is 0 Å². The number of hydrogen-bond donors (Lipinski definition) is 3. The normalized spacial score (nSPS) is 19.3. The molecule has 3 atom stereocenters. The highest BCUT2D eigenvalue weighted by atomic mass is 16.6. The zero-order valence-corrected chi connectivity index (χ0v) is 31.8. The van der Waals surface area contributed by atoms with Gasteiger partial charge in [-0.2, -0.15) is 0 Å². The molecule has 15 heteroatoms. The van der Waals surface area contributed by atoms with Crippen LogP contribution in [-0.4, -0.2) is 57.2 Å². The lowest BCUT2D eigenvalue weighted by atomic mass is 9.77. The molecule has 0 saturated carbocycles. The molecule has 0 radical (unpaired) electrons. The Bertz CT molecular complexity index is 2360. The highest BCUT2D eigenvalue weighted by molar-refractivity contribution is 6.01. The zero-order chi connectivity index (χ0) is 40.5. The number of ether oxygens (including phenoxy) is 5. The van der Waals surface area contributed by atoms with E-state index in [1.807, 2.05) is 0 Å². The molecular formula is C41H41N3O12. The first kappa shape index (κ1) is 38.2. The van der Waals surface area contributed by atoms with E-state index in [4.69, 9.17) is 23.7 Å². The van der Waals surface area contributed by atoms with Gasteiger partial charge in [0.2, 0.25) is 0 Å². The number of aliphatic hydroxyl groups is 1. The van der Waals surface area contributed by atoms with Gasteiger partial charge in [-0.05, 0) is 90.9 Å². The van der Waals surface area contributed by atoms with E-state index < -0.39 is 76.5 Å². The summed E-state index contributed by atoms with van der Waals surface area (Å²) < 4.78 is 31.1. The Morgan fingerprint density at radius 1 is 0.875 bits per heavy atom. The fraction of sp³-hybridized carbons (Fsp3) is 0.366. The Kier molecular flexibility index (Phi) is 9.28. The third-order valence-electron chi connectivity index (χ3n) is 9.85. The van der Waals surface area contributed by atoms with Crippen LogP contribution in [0.2, 0.25) is 0 Å². The van der Waals surface area contributed by atoms with Crippen molar-refractivity contribution in [1.82, 2.24) is 14.9 Å². The summed E-state index contributed by atoms with van der Waals surface area (Å²) in [4.78, 5) is 80.0. The number of carbonyl (C=O) groups excluding carboxylic acids is 4. The van der Waals surface area contributed by atoms with Crippen LogP contribution in [-0.2, 0) is 24.7 Å². The molecule has 1 amide bonds. The number of aromatic nitrogens is 2. The van der Waals surface area contributed by atoms with E-state index in [0.717, 1.165) is 0 Å². The number of hydrogen-bond acceptors (Lipinski definition) is 12. The summed E-state index contributed by atoms with van der Waals surface area (Å²) in [5.41, 5.74) is -2.85. The van der Waals surface area contributed by atoms with E-state index in [9.17, 15) is 33.9 Å². The van der Waals surface area contributed by atoms with Crippen LogP contribution in [0.5, 0.6) is 23.0 Å². The van der Waals surface area contributed by atoms with Crippen LogP contribution in [0.3, 0.4) is 0 Å². The highest BCUT2D eigenvalue weighted by Gasteiger charge is 2.54. The van der Waals surface area contributed by atoms with E-state index in [1.165, 1.54) is 48.0 Å². The van der Waals surface area contributed by atoms with Crippen molar-refractivity contribution in [2.45, 2.75) is 78.9 Å². The first-order valence-corrected chi connectivity index (χ1v) is 18.0. The average molecular weight is 768 g/mol. The third-order valence-corrected chi connectivity index (χ3v) is 9.85. The molecule has 56 heavy (non-hydrogen) atoms. The Morgan fingerprint density at radius 3 is 2.02 bits per heavy atom. The Morgan fingerprint density at radius 2 is 1.46 bits per heavy atom. The van der Waals surface area contributed by atoms with E-state index in [-0.39, 0.29) is 46.1 Å². The molecule has 1 aromatic heterocycles. The van der Waals surface area contributed by atoms with Gasteiger partial charge in [-0.25, -0.2) is 9.59 Å². The van der Waals surface area contributed by atoms with Crippen molar-refractivity contribution in [2.24, 2.45) is 10.8 Å². The molecule has 1 fully saturated rings. The van der Waals surface area contributed by atoms with Crippen molar-refractivity contribution in [3.05, 3.63) is 115 Å². The molecular weight excluding hydrogens is 726 g/mol. The summed E-state index contributed by atoms with van der Waals surface area (Å²) >= 11 is 0. The van der Waals surface area contributed by atoms with Crippen molar-refractivity contribution in [2.75, 3.05) is 6.61 Å². The fourth-order valence-corrected chi connectivity index (χ4v) is 6.74. The number of fused-ring (bicyclic) bond motifs is 6. The van der Waals surface area contributed by atoms with E-state index in [0.29, 0.717) is 16.7 Å². The Hall–Kier alpha value is -6.06. The lowest BCUT2D eigenvalue weighted by Crippen LogP contribution is -2.42. The molecule has 3 N–H and O–H groups in total. The zero-order valence-electron chi connectivity index (χ0n) is 31.8. The molecule has 1 spiro atoms. The second-order valence-corrected chi connectivity index (χ2v) is 16.1. The predicted octanol–water partition coefficient (Wildman–Crippen LogP) is 4.39. The van der Waals surface area contributed by atoms with Crippen molar-refractivity contribution in [3.8, 4) is 23.0 Å². The molecule has 7 rings (SSSR count). The molecule has 0 bridgehead atoms. The average Bonchev–Trinajstić information content (AvgIpc) is 3.66. The monoisotopic (exact) mass is 767 g/mol. The van der Waals surface area contributed by atoms with Crippen LogP contribution in [0.4, 0.5) is 0 Å². The Balaban J connectivity index is 1.28. The third kappa shape index (κ3) is 6.66. The van der Waals surface area contributed by atoms with Crippen LogP contribution < -0.4 is 30.8 Å². The number of rotatable bonds is 6. The minimum Gasteiger partial charge on any atom is -0.456 e. The highest BCUT2D eigenvalue weighted by Crippen LogP contribution is 2.57. The number of aromatic amines is 1. The fourth-order valence-electron chi connectivity index (χ4n) is 6.74. The van der Waals surface area contributed by atoms with E-state index in [2.05, 4.69) is 10.3 Å². The van der Waals surface area contributed by atoms with Crippen LogP contribution in [0, 0.1) is 17.8 Å². The first-order chi connectivity index (χ1) is 26.3. The summed E-state index contributed by atoms with van der Waals surface area (Å²) in [6.45, 7) is 11.4. The smallest absolute Gasteiger partial charge is 0.340 e. The quantitative estimate of drug-likeness (QED) is 0.185. The van der Waals surface area contributed by atoms with Crippen LogP contribution in [0.25, 0.3) is 0 Å². The maximum Gasteiger partial charge on any atom is 0.340 e. The summed E-state index contributed by atoms with van der Waals surface area (Å²) in [5, 5.41) is 13.0. The minimum absolute atomic E-state index is 0.0984. The second kappa shape index (κ2) is 13.6. The molecule has 3 aromatic carbocycles. The number of nitrogens with one attached hydrogen (secondary N) is 2. The predicted molar refractivity (Wildman–Crippen MR) is 198 cm³/mol. The number of esters is 3. The molecule has 292 valence electrons. The van der Waals surface area contributed by atoms with E-state index in [1.54, 1.807) is 65.8 Å². The molecule has 0 unspecified atom stereocenters. The number of aryl methyl sites for hydroxylation is 1. The lowest BCUT2D eigenvalue weighted by Gasteiger charge is -2.37. The first-order valence-electron chi connectivity index (χ1n) is 18.0. The van der Waals surface area contributed by atoms with Crippen molar-refractivity contribution < 1.29 is 48.0 Å². The topological polar surface area (TPSA) is 202 Å². The van der Waals surface area contributed by atoms with Gasteiger partial charge in [0, 0.05) is 52.6 Å². The number of H-pyrrole nitrogens is 1. The van der Waals surface area contributed by atoms with Crippen molar-refractivity contribution >= 4 is 23.8 Å². The van der Waals surface area contributed by atoms with Crippen LogP contribution >= 0.6 is 0 Å². The van der Waals surface area contributed by atoms with E-state index >= 15 is 0 Å². The van der Waals surface area contributed by atoms with Gasteiger partial charge < -0.3 is 34.1 Å². The molecule has 1 saturated heterocycles. The van der Waals surface area contributed by atoms with Crippen LogP contribution in [0.15, 0.2) is 70.4 Å². The number of aliphatic hydroxyl groups excluding tert-OH is 1. The van der Waals surface area contributed by atoms with Gasteiger partial charge in [-0.15, -0.1) is 0 Å². The SMILES string of the molecule is Cc1cn([C@H]2C[C@H](NC(=O)c3ccc4c(c3)C3(OC4=O)c4ccc(OC(=O)C(C)(C)C)cc4Oc4cc(OC(=O)C(C)(C)C)ccc43)[C@@H](CO)O2)c(=O)[nH]c1=O. The number of nitrogens with zero attached hydrogens (tertiary/aromatic N) is 1. The summed E-state index contributed by atoms with van der Waals surface area (Å²) in [6.07, 6.45) is -0.308. The van der Waals surface area contributed by atoms with Gasteiger partial charge in [-0.3, -0.25) is 28.7 Å². The second-order valence-electron chi connectivity index (χ2n) is 16.1. The summed E-state index contributed by atoms with van der Waals surface area (Å²) in [5.74, 6) is -1.52. The van der Waals surface area contributed by atoms with Crippen molar-refractivity contribution in [1.29, 1.82) is 0 Å². The number of amides is 1. The summed E-state index contributed by atoms with van der Waals surface area (Å²) in [7, 11) is 0. The minimum atomic E-state index is -1.66. The summed E-state index contributed by atoms with van der Waals surface area (Å²) in [6, 6.07) is 13.1. The standard InChI is InChI=1S/C41H41N3O12/c1-20-18-44(38(51)43-33(20)46)32-17-28(31(19-45)55-32)42-34(47)21-8-11-24-27(14-21)41(56-35(24)48)25-12-9-22(52-36(49)39(2,3)4)15-29(25)54-30-16-23(10-13-26(30)41)53-37(50)40(5,6)7/h8-16,18,28,31-32,45H,17,19H2,1-7H3,(H,42,47)(H,43,46,51)/t28-,31+,32+/m0/s1. The van der Waals surface area contributed by atoms with Gasteiger partial charge in [0.1, 0.15) is 35.3 Å². The molecule has 3 aliphatic heterocycles.